The molecule has 0 saturated carbocycles. The molecule has 0 amide bonds. The van der Waals surface area contributed by atoms with Gasteiger partial charge < -0.3 is 0 Å². The fourth-order valence-electron chi connectivity index (χ4n) is 0.111. The van der Waals surface area contributed by atoms with Crippen LogP contribution < -0.4 is 0 Å². The molecule has 0 rings (SSSR count). The zero-order chi connectivity index (χ0) is 4.99. The van der Waals surface area contributed by atoms with Crippen molar-refractivity contribution in [2.75, 3.05) is 6.54 Å². The third kappa shape index (κ3) is 5.10. The molecule has 0 aromatic heterocycles. The predicted molar refractivity (Wildman–Crippen MR) is 43.1 cm³/mol. The van der Waals surface area contributed by atoms with Crippen LogP contribution in [0.4, 0.5) is 0 Å². The van der Waals surface area contributed by atoms with Gasteiger partial charge in [-0.15, -0.1) is 0 Å². The Kier molecular flexibility index (Phi) is 5.05. The molecule has 1 unspecified atom stereocenters. The van der Waals surface area contributed by atoms with E-state index in [9.17, 15) is 0 Å². The number of hydrogen-bond acceptors (Lipinski definition) is 2. The molecule has 6 heavy (non-hydrogen) atoms. The smallest absolute Gasteiger partial charge is 0.0438 e. The minimum atomic E-state index is -0.422. The molecule has 0 spiro atoms. The summed E-state index contributed by atoms with van der Waals surface area (Å²) < 4.78 is 3.99. The minimum Gasteiger partial charge on any atom is -0.255 e. The van der Waals surface area contributed by atoms with Crippen molar-refractivity contribution in [2.24, 2.45) is 4.36 Å². The summed E-state index contributed by atoms with van der Waals surface area (Å²) >= 11 is 6.92. The highest BCUT2D eigenvalue weighted by atomic mass is 127. The van der Waals surface area contributed by atoms with Crippen molar-refractivity contribution in [3.63, 3.8) is 0 Å². The molecular weight excluding hydrogens is 229 g/mol. The zero-order valence-corrected chi connectivity index (χ0v) is 7.26. The Hall–Kier alpha value is 1.10. The van der Waals surface area contributed by atoms with Gasteiger partial charge in [-0.3, -0.25) is 4.36 Å². The van der Waals surface area contributed by atoms with Gasteiger partial charge in [0, 0.05) is 27.8 Å². The van der Waals surface area contributed by atoms with Gasteiger partial charge in [-0.2, -0.15) is 0 Å². The maximum atomic E-state index is 4.76. The van der Waals surface area contributed by atoms with E-state index in [1.807, 2.05) is 6.92 Å². The lowest BCUT2D eigenvalue weighted by atomic mass is 10.8. The molecule has 0 heterocycles. The highest BCUT2D eigenvalue weighted by molar-refractivity contribution is 14.2. The first-order valence-corrected chi connectivity index (χ1v) is 6.67. The number of nitrogens with zero attached hydrogens (tertiary/aromatic N) is 1. The molecule has 0 aromatic rings. The molecule has 38 valence electrons. The molecule has 0 saturated heterocycles. The first-order valence-electron chi connectivity index (χ1n) is 1.57. The zero-order valence-electron chi connectivity index (χ0n) is 3.39. The van der Waals surface area contributed by atoms with Gasteiger partial charge in [-0.1, -0.05) is 0 Å². The van der Waals surface area contributed by atoms with Crippen LogP contribution in [-0.2, 0) is 17.6 Å². The quantitative estimate of drug-likeness (QED) is 0.411. The fourth-order valence-corrected chi connectivity index (χ4v) is 1.60. The standard InChI is InChI=1S/C2H6INS2/c1-2-4-6(3)5/h6H,2H2,1H3. The molecular formula is C2H6INS2. The van der Waals surface area contributed by atoms with Crippen LogP contribution in [0.25, 0.3) is 0 Å². The molecule has 0 aliphatic heterocycles. The summed E-state index contributed by atoms with van der Waals surface area (Å²) in [4.78, 5) is 0. The highest BCUT2D eigenvalue weighted by Gasteiger charge is 1.58. The van der Waals surface area contributed by atoms with Crippen molar-refractivity contribution in [3.05, 3.63) is 0 Å². The SMILES string of the molecule is CCN=[SH](=S)I. The number of halogens is 1. The second kappa shape index (κ2) is 4.26. The van der Waals surface area contributed by atoms with Gasteiger partial charge in [0.05, 0.1) is 0 Å². The summed E-state index contributed by atoms with van der Waals surface area (Å²) in [5.41, 5.74) is 0. The van der Waals surface area contributed by atoms with E-state index in [0.717, 1.165) is 6.54 Å². The van der Waals surface area contributed by atoms with Gasteiger partial charge in [0.2, 0.25) is 0 Å². The summed E-state index contributed by atoms with van der Waals surface area (Å²) in [7, 11) is 0. The Morgan fingerprint density at radius 2 is 2.50 bits per heavy atom. The number of hydrogen-bond donors (Lipinski definition) is 1. The Balaban J connectivity index is 3.43. The molecule has 0 N–H and O–H groups in total. The molecule has 1 nitrogen and oxygen atoms in total. The Morgan fingerprint density at radius 3 is 2.50 bits per heavy atom. The molecule has 0 fully saturated rings. The van der Waals surface area contributed by atoms with Crippen molar-refractivity contribution in [2.45, 2.75) is 6.92 Å². The van der Waals surface area contributed by atoms with Crippen LogP contribution in [0.5, 0.6) is 0 Å². The van der Waals surface area contributed by atoms with Crippen molar-refractivity contribution in [3.8, 4) is 0 Å². The van der Waals surface area contributed by atoms with E-state index in [-0.39, 0.29) is 0 Å². The first kappa shape index (κ1) is 7.10. The topological polar surface area (TPSA) is 12.4 Å². The lowest BCUT2D eigenvalue weighted by Gasteiger charge is -1.72. The summed E-state index contributed by atoms with van der Waals surface area (Å²) in [6.07, 6.45) is -0.422. The summed E-state index contributed by atoms with van der Waals surface area (Å²) in [5, 5.41) is 0. The second-order valence-corrected chi connectivity index (χ2v) is 7.16. The van der Waals surface area contributed by atoms with E-state index < -0.39 is 6.42 Å². The van der Waals surface area contributed by atoms with Gasteiger partial charge >= 0.3 is 0 Å². The van der Waals surface area contributed by atoms with Crippen LogP contribution in [0, 0.1) is 0 Å². The van der Waals surface area contributed by atoms with Crippen LogP contribution >= 0.6 is 21.2 Å². The Morgan fingerprint density at radius 1 is 2.00 bits per heavy atom. The molecule has 1 atom stereocenters. The van der Waals surface area contributed by atoms with Crippen LogP contribution in [-0.4, -0.2) is 6.54 Å². The van der Waals surface area contributed by atoms with E-state index in [4.69, 9.17) is 11.2 Å². The summed E-state index contributed by atoms with van der Waals surface area (Å²) in [5.74, 6) is 0. The van der Waals surface area contributed by atoms with Gasteiger partial charge in [0.25, 0.3) is 0 Å². The monoisotopic (exact) mass is 235 g/mol. The van der Waals surface area contributed by atoms with Crippen LogP contribution in [0.2, 0.25) is 0 Å². The summed E-state index contributed by atoms with van der Waals surface area (Å²) in [6.45, 7) is 2.87. The fraction of sp³-hybridized carbons (Fsp3) is 1.00. The maximum Gasteiger partial charge on any atom is 0.0438 e. The Bertz CT molecular complexity index is 93.7. The van der Waals surface area contributed by atoms with Crippen molar-refractivity contribution in [1.82, 2.24) is 0 Å². The highest BCUT2D eigenvalue weighted by Crippen LogP contribution is 1.84. The van der Waals surface area contributed by atoms with E-state index in [2.05, 4.69) is 25.6 Å². The predicted octanol–water partition coefficient (Wildman–Crippen LogP) is 1.35. The molecule has 0 aliphatic rings. The van der Waals surface area contributed by atoms with E-state index in [0.29, 0.717) is 0 Å². The van der Waals surface area contributed by atoms with E-state index in [1.165, 1.54) is 0 Å². The lowest BCUT2D eigenvalue weighted by Crippen LogP contribution is -1.60. The largest absolute Gasteiger partial charge is 0.255 e. The second-order valence-electron chi connectivity index (χ2n) is 0.684. The van der Waals surface area contributed by atoms with E-state index >= 15 is 0 Å². The van der Waals surface area contributed by atoms with Gasteiger partial charge in [0.15, 0.2) is 0 Å². The number of thiol groups is 1. The van der Waals surface area contributed by atoms with Gasteiger partial charge in [-0.25, -0.2) is 0 Å². The molecule has 0 bridgehead atoms. The normalized spacial score (nSPS) is 15.0. The third-order valence-corrected chi connectivity index (χ3v) is 2.02. The molecule has 4 heteroatoms. The van der Waals surface area contributed by atoms with Crippen molar-refractivity contribution >= 4 is 38.8 Å². The molecule has 0 aliphatic carbocycles. The Labute approximate surface area is 56.5 Å². The lowest BCUT2D eigenvalue weighted by molar-refractivity contribution is 1.16. The third-order valence-electron chi connectivity index (χ3n) is 0.253. The molecule has 0 aromatic carbocycles. The van der Waals surface area contributed by atoms with Crippen LogP contribution in [0.1, 0.15) is 6.92 Å². The molecule has 0 radical (unpaired) electrons. The van der Waals surface area contributed by atoms with Crippen molar-refractivity contribution < 1.29 is 0 Å². The number of rotatable bonds is 1. The first-order chi connectivity index (χ1) is 2.77. The average molecular weight is 235 g/mol. The average Bonchev–Trinajstić information content (AvgIpc) is 1.35. The van der Waals surface area contributed by atoms with Gasteiger partial charge in [-0.05, 0) is 24.5 Å². The minimum absolute atomic E-state index is 0.422. The van der Waals surface area contributed by atoms with Crippen LogP contribution in [0.15, 0.2) is 4.36 Å². The van der Waals surface area contributed by atoms with Crippen LogP contribution in [0.3, 0.4) is 0 Å². The van der Waals surface area contributed by atoms with Gasteiger partial charge in [0.1, 0.15) is 0 Å². The van der Waals surface area contributed by atoms with E-state index in [1.54, 1.807) is 0 Å². The summed E-state index contributed by atoms with van der Waals surface area (Å²) in [6, 6.07) is 0. The maximum absolute atomic E-state index is 4.76. The van der Waals surface area contributed by atoms with Crippen molar-refractivity contribution in [1.29, 1.82) is 0 Å².